The van der Waals surface area contributed by atoms with Crippen molar-refractivity contribution in [2.45, 2.75) is 20.3 Å². The number of carbonyl (C=O) groups excluding carboxylic acids is 1. The van der Waals surface area contributed by atoms with Crippen LogP contribution in [0.5, 0.6) is 40.2 Å². The fourth-order valence-corrected chi connectivity index (χ4v) is 4.85. The molecule has 4 rings (SSSR count). The molecule has 1 aliphatic heterocycles. The summed E-state index contributed by atoms with van der Waals surface area (Å²) in [5.74, 6) is 0.576. The van der Waals surface area contributed by atoms with E-state index in [-0.39, 0.29) is 24.6 Å². The van der Waals surface area contributed by atoms with Gasteiger partial charge in [-0.1, -0.05) is 6.08 Å². The quantitative estimate of drug-likeness (QED) is 0.210. The summed E-state index contributed by atoms with van der Waals surface area (Å²) in [6.07, 6.45) is 1.59. The number of carbonyl (C=O) groups is 2. The van der Waals surface area contributed by atoms with E-state index in [1.165, 1.54) is 34.5 Å². The Balaban J connectivity index is 1.85. The topological polar surface area (TPSA) is 119 Å². The number of aliphatic carboxylic acids is 1. The largest absolute Gasteiger partial charge is 0.494 e. The van der Waals surface area contributed by atoms with Gasteiger partial charge in [-0.15, -0.1) is 0 Å². The molecular weight excluding hydrogens is 544 g/mol. The van der Waals surface area contributed by atoms with Crippen LogP contribution in [0.1, 0.15) is 34.0 Å². The van der Waals surface area contributed by atoms with Gasteiger partial charge in [0.1, 0.15) is 5.75 Å². The zero-order chi connectivity index (χ0) is 30.4. The number of carboxylic acid groups (broad SMARTS) is 1. The summed E-state index contributed by atoms with van der Waals surface area (Å²) in [5.41, 5.74) is 2.08. The molecular formula is C32H34O10. The van der Waals surface area contributed by atoms with E-state index in [0.717, 1.165) is 5.56 Å². The second-order valence-electron chi connectivity index (χ2n) is 9.42. The van der Waals surface area contributed by atoms with Gasteiger partial charge in [0.05, 0.1) is 40.6 Å². The predicted octanol–water partition coefficient (Wildman–Crippen LogP) is 5.37. The van der Waals surface area contributed by atoms with Crippen molar-refractivity contribution in [3.63, 3.8) is 0 Å². The monoisotopic (exact) mass is 578 g/mol. The van der Waals surface area contributed by atoms with Crippen molar-refractivity contribution in [1.82, 2.24) is 0 Å². The van der Waals surface area contributed by atoms with Crippen LogP contribution in [-0.2, 0) is 11.2 Å². The van der Waals surface area contributed by atoms with Gasteiger partial charge in [-0.2, -0.15) is 0 Å². The predicted molar refractivity (Wildman–Crippen MR) is 155 cm³/mol. The number of allylic oxidation sites excluding steroid dienone is 1. The summed E-state index contributed by atoms with van der Waals surface area (Å²) in [5, 5.41) is 10.3. The Morgan fingerprint density at radius 2 is 1.57 bits per heavy atom. The zero-order valence-corrected chi connectivity index (χ0v) is 24.4. The third-order valence-corrected chi connectivity index (χ3v) is 6.84. The summed E-state index contributed by atoms with van der Waals surface area (Å²) in [4.78, 5) is 26.7. The fraction of sp³-hybridized carbons (Fsp3) is 0.312. The number of ketones is 1. The molecule has 0 saturated heterocycles. The van der Waals surface area contributed by atoms with E-state index in [0.29, 0.717) is 63.5 Å². The molecule has 0 spiro atoms. The Kier molecular flexibility index (Phi) is 9.46. The number of benzene rings is 3. The average Bonchev–Trinajstić information content (AvgIpc) is 3.47. The molecule has 1 atom stereocenters. The number of fused-ring (bicyclic) bond motifs is 1. The third kappa shape index (κ3) is 6.22. The van der Waals surface area contributed by atoms with E-state index >= 15 is 0 Å². The maximum atomic E-state index is 14.1. The van der Waals surface area contributed by atoms with Gasteiger partial charge in [-0.05, 0) is 79.4 Å². The Bertz CT molecular complexity index is 1480. The second kappa shape index (κ2) is 13.2. The molecule has 0 bridgehead atoms. The number of hydrogen-bond acceptors (Lipinski definition) is 9. The highest BCUT2D eigenvalue weighted by atomic mass is 16.7. The minimum atomic E-state index is -1.22. The van der Waals surface area contributed by atoms with Crippen LogP contribution in [0.15, 0.2) is 48.5 Å². The third-order valence-electron chi connectivity index (χ3n) is 6.84. The molecule has 3 aromatic rings. The first-order valence-electron chi connectivity index (χ1n) is 13.2. The van der Waals surface area contributed by atoms with Gasteiger partial charge in [-0.25, -0.2) is 4.79 Å². The van der Waals surface area contributed by atoms with Gasteiger partial charge in [0.2, 0.25) is 18.3 Å². The number of ether oxygens (including phenoxy) is 7. The molecule has 42 heavy (non-hydrogen) atoms. The summed E-state index contributed by atoms with van der Waals surface area (Å²) >= 11 is 0. The average molecular weight is 579 g/mol. The first-order valence-corrected chi connectivity index (χ1v) is 13.2. The van der Waals surface area contributed by atoms with Crippen molar-refractivity contribution in [2.75, 3.05) is 41.8 Å². The molecule has 1 heterocycles. The second-order valence-corrected chi connectivity index (χ2v) is 9.42. The van der Waals surface area contributed by atoms with Crippen LogP contribution in [0.25, 0.3) is 5.57 Å². The Labute approximate surface area is 244 Å². The van der Waals surface area contributed by atoms with Gasteiger partial charge in [-0.3, -0.25) is 4.79 Å². The molecule has 10 nitrogen and oxygen atoms in total. The van der Waals surface area contributed by atoms with Gasteiger partial charge in [0, 0.05) is 11.5 Å². The van der Waals surface area contributed by atoms with Crippen molar-refractivity contribution in [3.8, 4) is 40.2 Å². The van der Waals surface area contributed by atoms with Crippen molar-refractivity contribution >= 4 is 17.3 Å². The van der Waals surface area contributed by atoms with Crippen LogP contribution in [0.3, 0.4) is 0 Å². The van der Waals surface area contributed by atoms with E-state index in [2.05, 4.69) is 0 Å². The number of aryl methyl sites for hydroxylation is 1. The molecule has 0 saturated carbocycles. The highest BCUT2D eigenvalue weighted by Gasteiger charge is 2.27. The lowest BCUT2D eigenvalue weighted by molar-refractivity contribution is -0.130. The van der Waals surface area contributed by atoms with Gasteiger partial charge < -0.3 is 38.3 Å². The first kappa shape index (κ1) is 30.1. The van der Waals surface area contributed by atoms with Crippen molar-refractivity contribution in [2.24, 2.45) is 5.92 Å². The molecule has 3 aromatic carbocycles. The van der Waals surface area contributed by atoms with Crippen LogP contribution in [0.4, 0.5) is 0 Å². The molecule has 1 N–H and O–H groups in total. The maximum absolute atomic E-state index is 14.1. The smallest absolute Gasteiger partial charge is 0.335 e. The molecule has 1 unspecified atom stereocenters. The molecule has 0 amide bonds. The van der Waals surface area contributed by atoms with Gasteiger partial charge >= 0.3 is 5.97 Å². The highest BCUT2D eigenvalue weighted by Crippen LogP contribution is 2.44. The highest BCUT2D eigenvalue weighted by molar-refractivity contribution is 6.17. The SMILES string of the molecule is CCOc1ccc(C(=O)C(C=C(C(=O)O)c2cc(OC)c3c(c2)OCO3)Cc2cc(OC)c(OC)c(OC)c2)cc1C. The fourth-order valence-electron chi connectivity index (χ4n) is 4.85. The maximum Gasteiger partial charge on any atom is 0.335 e. The number of Topliss-reactive ketones (excluding diaryl/α,β-unsaturated/α-hetero) is 1. The van der Waals surface area contributed by atoms with Crippen LogP contribution in [-0.4, -0.2) is 58.7 Å². The Morgan fingerprint density at radius 1 is 0.881 bits per heavy atom. The van der Waals surface area contributed by atoms with E-state index in [4.69, 9.17) is 33.2 Å². The minimum absolute atomic E-state index is 0.0133. The van der Waals surface area contributed by atoms with Crippen LogP contribution in [0, 0.1) is 12.8 Å². The lowest BCUT2D eigenvalue weighted by Crippen LogP contribution is -2.18. The van der Waals surface area contributed by atoms with E-state index in [9.17, 15) is 14.7 Å². The molecule has 0 aromatic heterocycles. The summed E-state index contributed by atoms with van der Waals surface area (Å²) in [6.45, 7) is 4.21. The summed E-state index contributed by atoms with van der Waals surface area (Å²) in [7, 11) is 5.96. The normalized spacial score (nSPS) is 12.9. The van der Waals surface area contributed by atoms with Gasteiger partial charge in [0.25, 0.3) is 0 Å². The molecule has 222 valence electrons. The van der Waals surface area contributed by atoms with Crippen molar-refractivity contribution in [1.29, 1.82) is 0 Å². The van der Waals surface area contributed by atoms with E-state index in [1.807, 2.05) is 13.8 Å². The Hall–Kier alpha value is -4.86. The molecule has 0 radical (unpaired) electrons. The van der Waals surface area contributed by atoms with Crippen molar-refractivity contribution in [3.05, 3.63) is 70.8 Å². The Morgan fingerprint density at radius 3 is 2.14 bits per heavy atom. The minimum Gasteiger partial charge on any atom is -0.494 e. The lowest BCUT2D eigenvalue weighted by Gasteiger charge is -2.18. The number of carboxylic acids is 1. The van der Waals surface area contributed by atoms with Gasteiger partial charge in [0.15, 0.2) is 28.8 Å². The van der Waals surface area contributed by atoms with Crippen LogP contribution in [0.2, 0.25) is 0 Å². The lowest BCUT2D eigenvalue weighted by atomic mass is 9.87. The molecule has 0 fully saturated rings. The van der Waals surface area contributed by atoms with E-state index in [1.54, 1.807) is 42.5 Å². The number of hydrogen-bond donors (Lipinski definition) is 1. The van der Waals surface area contributed by atoms with E-state index < -0.39 is 11.9 Å². The number of rotatable bonds is 13. The van der Waals surface area contributed by atoms with Crippen molar-refractivity contribution < 1.29 is 47.9 Å². The molecule has 10 heteroatoms. The van der Waals surface area contributed by atoms with Crippen LogP contribution < -0.4 is 33.2 Å². The zero-order valence-electron chi connectivity index (χ0n) is 24.4. The van der Waals surface area contributed by atoms with Crippen LogP contribution >= 0.6 is 0 Å². The molecule has 0 aliphatic carbocycles. The standard InChI is InChI=1S/C32H34O10/c1-7-40-24-9-8-20(10-18(24)2)29(33)22(11-19-12-25(36-3)30(39-6)26(13-19)37-4)14-23(32(34)35)21-15-27(38-5)31-28(16-21)41-17-42-31/h8-10,12-16,22H,7,11,17H2,1-6H3,(H,34,35). The molecule has 1 aliphatic rings. The summed E-state index contributed by atoms with van der Waals surface area (Å²) < 4.78 is 38.5. The summed E-state index contributed by atoms with van der Waals surface area (Å²) in [6, 6.07) is 11.8. The first-order chi connectivity index (χ1) is 20.2. The number of methoxy groups -OCH3 is 4.